The summed E-state index contributed by atoms with van der Waals surface area (Å²) in [6.45, 7) is -0.176. The van der Waals surface area contributed by atoms with Crippen LogP contribution < -0.4 is 10.6 Å². The van der Waals surface area contributed by atoms with E-state index in [9.17, 15) is 18.4 Å². The first-order valence-electron chi connectivity index (χ1n) is 13.5. The SMILES string of the molecule is O=C1c2ccccc2NC(c2c(F)cccc2Cl)N1CC#CC#CCN1C(=O)c2ccccc2NC1c1c(F)cccc1Cl. The molecule has 0 aliphatic carbocycles. The highest BCUT2D eigenvalue weighted by Gasteiger charge is 2.36. The molecule has 0 spiro atoms. The quantitative estimate of drug-likeness (QED) is 0.237. The number of carbonyl (C=O) groups excluding carboxylic acids is 2. The minimum atomic E-state index is -0.906. The highest BCUT2D eigenvalue weighted by Crippen LogP contribution is 2.38. The van der Waals surface area contributed by atoms with Gasteiger partial charge >= 0.3 is 0 Å². The van der Waals surface area contributed by atoms with Gasteiger partial charge in [-0.3, -0.25) is 9.59 Å². The predicted octanol–water partition coefficient (Wildman–Crippen LogP) is 7.11. The Hall–Kier alpha value is -5.02. The van der Waals surface area contributed by atoms with Crippen molar-refractivity contribution in [3.05, 3.63) is 129 Å². The Morgan fingerprint density at radius 2 is 1.02 bits per heavy atom. The zero-order chi connectivity index (χ0) is 30.8. The third kappa shape index (κ3) is 5.42. The number of nitrogens with one attached hydrogen (secondary N) is 2. The lowest BCUT2D eigenvalue weighted by Crippen LogP contribution is -2.43. The van der Waals surface area contributed by atoms with Crippen molar-refractivity contribution in [2.24, 2.45) is 0 Å². The zero-order valence-electron chi connectivity index (χ0n) is 22.9. The molecule has 2 heterocycles. The molecule has 218 valence electrons. The normalized spacial score (nSPS) is 16.8. The van der Waals surface area contributed by atoms with Crippen LogP contribution in [0, 0.1) is 35.3 Å². The number of para-hydroxylation sites is 2. The predicted molar refractivity (Wildman–Crippen MR) is 166 cm³/mol. The maximum absolute atomic E-state index is 14.9. The highest BCUT2D eigenvalue weighted by molar-refractivity contribution is 6.31. The summed E-state index contributed by atoms with van der Waals surface area (Å²) in [5.41, 5.74) is 2.18. The molecule has 0 bridgehead atoms. The fourth-order valence-electron chi connectivity index (χ4n) is 5.25. The number of rotatable bonds is 4. The molecule has 10 heteroatoms. The Bertz CT molecular complexity index is 1750. The minimum absolute atomic E-state index is 0.0881. The molecule has 4 aromatic carbocycles. The van der Waals surface area contributed by atoms with Gasteiger partial charge in [-0.1, -0.05) is 71.4 Å². The van der Waals surface area contributed by atoms with Gasteiger partial charge in [-0.15, -0.1) is 0 Å². The Kier molecular flexibility index (Phi) is 8.13. The van der Waals surface area contributed by atoms with Crippen LogP contribution in [0.3, 0.4) is 0 Å². The van der Waals surface area contributed by atoms with Crippen LogP contribution in [0.2, 0.25) is 10.0 Å². The van der Waals surface area contributed by atoms with Gasteiger partial charge in [0.15, 0.2) is 0 Å². The Morgan fingerprint density at radius 3 is 1.43 bits per heavy atom. The number of anilines is 2. The smallest absolute Gasteiger partial charge is 0.258 e. The maximum atomic E-state index is 14.9. The lowest BCUT2D eigenvalue weighted by atomic mass is 10.0. The molecule has 6 rings (SSSR count). The number of benzene rings is 4. The largest absolute Gasteiger partial charge is 0.361 e. The van der Waals surface area contributed by atoms with E-state index in [-0.39, 0.29) is 46.1 Å². The van der Waals surface area contributed by atoms with Crippen molar-refractivity contribution in [2.75, 3.05) is 23.7 Å². The second kappa shape index (κ2) is 12.3. The molecule has 6 nitrogen and oxygen atoms in total. The number of fused-ring (bicyclic) bond motifs is 2. The molecule has 2 aliphatic rings. The molecule has 2 unspecified atom stereocenters. The second-order valence-electron chi connectivity index (χ2n) is 9.93. The summed E-state index contributed by atoms with van der Waals surface area (Å²) < 4.78 is 29.8. The molecule has 0 fully saturated rings. The highest BCUT2D eigenvalue weighted by atomic mass is 35.5. The monoisotopic (exact) mass is 626 g/mol. The Morgan fingerprint density at radius 1 is 0.614 bits per heavy atom. The van der Waals surface area contributed by atoms with Crippen LogP contribution in [-0.4, -0.2) is 34.7 Å². The van der Waals surface area contributed by atoms with Crippen molar-refractivity contribution in [1.29, 1.82) is 0 Å². The van der Waals surface area contributed by atoms with E-state index < -0.39 is 24.0 Å². The summed E-state index contributed by atoms with van der Waals surface area (Å²) in [6.07, 6.45) is -1.81. The molecule has 2 amide bonds. The van der Waals surface area contributed by atoms with E-state index in [1.54, 1.807) is 60.7 Å². The van der Waals surface area contributed by atoms with Gasteiger partial charge in [-0.25, -0.2) is 8.78 Å². The van der Waals surface area contributed by atoms with Crippen molar-refractivity contribution in [3.63, 3.8) is 0 Å². The van der Waals surface area contributed by atoms with Crippen molar-refractivity contribution in [1.82, 2.24) is 9.80 Å². The van der Waals surface area contributed by atoms with E-state index in [2.05, 4.69) is 34.3 Å². The van der Waals surface area contributed by atoms with Crippen LogP contribution in [-0.2, 0) is 0 Å². The van der Waals surface area contributed by atoms with E-state index >= 15 is 0 Å². The Labute approximate surface area is 262 Å². The van der Waals surface area contributed by atoms with Gasteiger partial charge in [0.05, 0.1) is 34.3 Å². The van der Waals surface area contributed by atoms with E-state index in [0.29, 0.717) is 22.5 Å². The third-order valence-electron chi connectivity index (χ3n) is 7.33. The van der Waals surface area contributed by atoms with Crippen LogP contribution >= 0.6 is 23.2 Å². The van der Waals surface area contributed by atoms with Crippen LogP contribution in [0.25, 0.3) is 0 Å². The maximum Gasteiger partial charge on any atom is 0.258 e. The van der Waals surface area contributed by atoms with Gasteiger partial charge in [-0.05, 0) is 60.4 Å². The summed E-state index contributed by atoms with van der Waals surface area (Å²) >= 11 is 12.7. The van der Waals surface area contributed by atoms with Gasteiger partial charge < -0.3 is 20.4 Å². The average Bonchev–Trinajstić information content (AvgIpc) is 3.01. The number of halogens is 4. The zero-order valence-corrected chi connectivity index (χ0v) is 24.4. The van der Waals surface area contributed by atoms with Gasteiger partial charge in [0.1, 0.15) is 24.0 Å². The van der Waals surface area contributed by atoms with Crippen LogP contribution in [0.5, 0.6) is 0 Å². The molecule has 0 saturated heterocycles. The fourth-order valence-corrected chi connectivity index (χ4v) is 5.78. The van der Waals surface area contributed by atoms with Gasteiger partial charge in [0, 0.05) is 22.5 Å². The van der Waals surface area contributed by atoms with Crippen molar-refractivity contribution >= 4 is 46.4 Å². The summed E-state index contributed by atoms with van der Waals surface area (Å²) in [5.74, 6) is 9.31. The molecule has 44 heavy (non-hydrogen) atoms. The van der Waals surface area contributed by atoms with Crippen molar-refractivity contribution < 1.29 is 18.4 Å². The summed E-state index contributed by atoms with van der Waals surface area (Å²) in [4.78, 5) is 29.6. The minimum Gasteiger partial charge on any atom is -0.361 e. The average molecular weight is 627 g/mol. The first kappa shape index (κ1) is 29.1. The molecule has 0 saturated carbocycles. The van der Waals surface area contributed by atoms with Gasteiger partial charge in [-0.2, -0.15) is 0 Å². The standard InChI is InChI=1S/C34H22Cl2F2N4O2/c35-23-13-9-15-25(37)29(23)31-39-27-17-5-3-11-21(27)33(43)41(31)19-7-1-2-8-20-42-32(30-24(36)14-10-16-26(30)38)40-28-18-6-4-12-22(28)34(42)44/h3-6,9-18,31-32,39-40H,19-20H2. The van der Waals surface area contributed by atoms with E-state index in [0.717, 1.165) is 0 Å². The summed E-state index contributed by atoms with van der Waals surface area (Å²) in [7, 11) is 0. The number of nitrogens with zero attached hydrogens (tertiary/aromatic N) is 2. The molecular weight excluding hydrogens is 605 g/mol. The molecule has 2 aliphatic heterocycles. The van der Waals surface area contributed by atoms with E-state index in [4.69, 9.17) is 23.2 Å². The van der Waals surface area contributed by atoms with E-state index in [1.807, 2.05) is 0 Å². The number of hydrogen-bond donors (Lipinski definition) is 2. The van der Waals surface area contributed by atoms with Crippen molar-refractivity contribution in [2.45, 2.75) is 12.3 Å². The molecular formula is C34H22Cl2F2N4O2. The molecule has 2 N–H and O–H groups in total. The van der Waals surface area contributed by atoms with E-state index in [1.165, 1.54) is 34.1 Å². The fraction of sp³-hybridized carbons (Fsp3) is 0.118. The summed E-state index contributed by atoms with van der Waals surface area (Å²) in [5, 5.41) is 6.72. The lowest BCUT2D eigenvalue weighted by Gasteiger charge is -2.37. The number of hydrogen-bond acceptors (Lipinski definition) is 4. The molecule has 0 aromatic heterocycles. The second-order valence-corrected chi connectivity index (χ2v) is 10.7. The van der Waals surface area contributed by atoms with Crippen LogP contribution in [0.4, 0.5) is 20.2 Å². The van der Waals surface area contributed by atoms with Crippen LogP contribution in [0.1, 0.15) is 44.2 Å². The first-order valence-corrected chi connectivity index (χ1v) is 14.3. The van der Waals surface area contributed by atoms with Gasteiger partial charge in [0.2, 0.25) is 0 Å². The topological polar surface area (TPSA) is 64.7 Å². The molecule has 0 radical (unpaired) electrons. The first-order chi connectivity index (χ1) is 21.3. The number of carbonyl (C=O) groups is 2. The molecule has 4 aromatic rings. The Balaban J connectivity index is 1.26. The third-order valence-corrected chi connectivity index (χ3v) is 7.99. The molecule has 2 atom stereocenters. The lowest BCUT2D eigenvalue weighted by molar-refractivity contribution is 0.0701. The summed E-state index contributed by atoms with van der Waals surface area (Å²) in [6, 6.07) is 22.5. The van der Waals surface area contributed by atoms with Crippen molar-refractivity contribution in [3.8, 4) is 23.7 Å². The van der Waals surface area contributed by atoms with Crippen LogP contribution in [0.15, 0.2) is 84.9 Å². The number of amides is 2. The van der Waals surface area contributed by atoms with Gasteiger partial charge in [0.25, 0.3) is 11.8 Å².